The lowest BCUT2D eigenvalue weighted by Crippen LogP contribution is -2.40. The molecule has 0 aliphatic carbocycles. The van der Waals surface area contributed by atoms with E-state index in [0.717, 1.165) is 5.56 Å². The molecule has 4 rings (SSSR count). The van der Waals surface area contributed by atoms with Gasteiger partial charge in [0.25, 0.3) is 0 Å². The Bertz CT molecular complexity index is 1090. The SMILES string of the molecule is CCN(CC(=O)Nc1ccc2c(c1)OCCO2)Cc1cccc(S(=O)(=O)N2CCOCC2)c1. The number of nitrogens with one attached hydrogen (secondary N) is 1. The van der Waals surface area contributed by atoms with Crippen molar-refractivity contribution in [1.29, 1.82) is 0 Å². The minimum atomic E-state index is -3.57. The highest BCUT2D eigenvalue weighted by Crippen LogP contribution is 2.32. The van der Waals surface area contributed by atoms with E-state index < -0.39 is 10.0 Å². The molecule has 2 aromatic carbocycles. The minimum Gasteiger partial charge on any atom is -0.486 e. The van der Waals surface area contributed by atoms with Crippen LogP contribution in [0.2, 0.25) is 0 Å². The second kappa shape index (κ2) is 10.5. The van der Waals surface area contributed by atoms with Crippen LogP contribution in [0.4, 0.5) is 5.69 Å². The highest BCUT2D eigenvalue weighted by molar-refractivity contribution is 7.89. The number of ether oxygens (including phenoxy) is 3. The number of fused-ring (bicyclic) bond motifs is 1. The predicted octanol–water partition coefficient (Wildman–Crippen LogP) is 1.94. The van der Waals surface area contributed by atoms with E-state index in [1.807, 2.05) is 17.9 Å². The second-order valence-electron chi connectivity index (χ2n) is 7.87. The van der Waals surface area contributed by atoms with Crippen LogP contribution >= 0.6 is 0 Å². The Morgan fingerprint density at radius 1 is 1.03 bits per heavy atom. The van der Waals surface area contributed by atoms with Crippen molar-refractivity contribution in [3.63, 3.8) is 0 Å². The molecule has 2 heterocycles. The van der Waals surface area contributed by atoms with Crippen LogP contribution in [0.25, 0.3) is 0 Å². The molecule has 2 aliphatic heterocycles. The van der Waals surface area contributed by atoms with E-state index >= 15 is 0 Å². The molecule has 0 unspecified atom stereocenters. The lowest BCUT2D eigenvalue weighted by Gasteiger charge is -2.26. The third-order valence-corrected chi connectivity index (χ3v) is 7.45. The van der Waals surface area contributed by atoms with Crippen LogP contribution < -0.4 is 14.8 Å². The minimum absolute atomic E-state index is 0.161. The van der Waals surface area contributed by atoms with Crippen molar-refractivity contribution in [2.24, 2.45) is 0 Å². The van der Waals surface area contributed by atoms with Crippen LogP contribution in [0.15, 0.2) is 47.4 Å². The summed E-state index contributed by atoms with van der Waals surface area (Å²) in [5, 5.41) is 2.89. The van der Waals surface area contributed by atoms with Crippen LogP contribution in [0.1, 0.15) is 12.5 Å². The lowest BCUT2D eigenvalue weighted by atomic mass is 10.2. The lowest BCUT2D eigenvalue weighted by molar-refractivity contribution is -0.117. The van der Waals surface area contributed by atoms with Gasteiger partial charge in [-0.3, -0.25) is 9.69 Å². The van der Waals surface area contributed by atoms with Crippen molar-refractivity contribution in [1.82, 2.24) is 9.21 Å². The number of rotatable bonds is 8. The Morgan fingerprint density at radius 2 is 1.79 bits per heavy atom. The molecule has 178 valence electrons. The summed E-state index contributed by atoms with van der Waals surface area (Å²) in [7, 11) is -3.57. The Morgan fingerprint density at radius 3 is 2.55 bits per heavy atom. The molecule has 2 aliphatic rings. The van der Waals surface area contributed by atoms with Gasteiger partial charge in [-0.2, -0.15) is 4.31 Å². The van der Waals surface area contributed by atoms with E-state index in [9.17, 15) is 13.2 Å². The maximum atomic E-state index is 13.0. The Kier molecular flexibility index (Phi) is 7.49. The monoisotopic (exact) mass is 475 g/mol. The summed E-state index contributed by atoms with van der Waals surface area (Å²) < 4.78 is 43.7. The van der Waals surface area contributed by atoms with Crippen LogP contribution in [-0.4, -0.2) is 76.1 Å². The molecule has 0 aromatic heterocycles. The number of carbonyl (C=O) groups is 1. The van der Waals surface area contributed by atoms with Gasteiger partial charge in [0, 0.05) is 31.4 Å². The first-order valence-corrected chi connectivity index (χ1v) is 12.5. The van der Waals surface area contributed by atoms with Crippen LogP contribution in [0.5, 0.6) is 11.5 Å². The molecule has 0 saturated carbocycles. The molecule has 2 aromatic rings. The quantitative estimate of drug-likeness (QED) is 0.623. The zero-order chi connectivity index (χ0) is 23.3. The molecule has 1 saturated heterocycles. The second-order valence-corrected chi connectivity index (χ2v) is 9.81. The van der Waals surface area contributed by atoms with Crippen LogP contribution in [0.3, 0.4) is 0 Å². The molecular weight excluding hydrogens is 446 g/mol. The van der Waals surface area contributed by atoms with Crippen LogP contribution in [-0.2, 0) is 26.1 Å². The van der Waals surface area contributed by atoms with Gasteiger partial charge in [-0.15, -0.1) is 0 Å². The fourth-order valence-electron chi connectivity index (χ4n) is 3.80. The highest BCUT2D eigenvalue weighted by Gasteiger charge is 2.26. The van der Waals surface area contributed by atoms with Crippen molar-refractivity contribution >= 4 is 21.6 Å². The fourth-order valence-corrected chi connectivity index (χ4v) is 5.28. The number of morpholine rings is 1. The summed E-state index contributed by atoms with van der Waals surface area (Å²) in [6.45, 7) is 5.74. The van der Waals surface area contributed by atoms with Gasteiger partial charge < -0.3 is 19.5 Å². The zero-order valence-corrected chi connectivity index (χ0v) is 19.5. The predicted molar refractivity (Wildman–Crippen MR) is 123 cm³/mol. The number of likely N-dealkylation sites (N-methyl/N-ethyl adjacent to an activating group) is 1. The standard InChI is InChI=1S/C23H29N3O6S/c1-2-25(17-23(27)24-19-6-7-21-22(15-19)32-13-12-31-21)16-18-4-3-5-20(14-18)33(28,29)26-8-10-30-11-9-26/h3-7,14-15H,2,8-13,16-17H2,1H3,(H,24,27). The molecule has 0 bridgehead atoms. The summed E-state index contributed by atoms with van der Waals surface area (Å²) in [6, 6.07) is 12.2. The van der Waals surface area contributed by atoms with Gasteiger partial charge in [0.1, 0.15) is 13.2 Å². The van der Waals surface area contributed by atoms with Gasteiger partial charge in [-0.1, -0.05) is 19.1 Å². The molecular formula is C23H29N3O6S. The van der Waals surface area contributed by atoms with Crippen molar-refractivity contribution in [3.8, 4) is 11.5 Å². The Balaban J connectivity index is 1.38. The molecule has 9 nitrogen and oxygen atoms in total. The molecule has 1 amide bonds. The number of amides is 1. The fraction of sp³-hybridized carbons (Fsp3) is 0.435. The summed E-state index contributed by atoms with van der Waals surface area (Å²) >= 11 is 0. The molecule has 1 fully saturated rings. The van der Waals surface area contributed by atoms with Crippen LogP contribution in [0, 0.1) is 0 Å². The smallest absolute Gasteiger partial charge is 0.243 e. The molecule has 0 radical (unpaired) electrons. The molecule has 0 spiro atoms. The van der Waals surface area contributed by atoms with E-state index in [1.54, 1.807) is 36.4 Å². The Labute approximate surface area is 194 Å². The maximum Gasteiger partial charge on any atom is 0.243 e. The first-order valence-electron chi connectivity index (χ1n) is 11.0. The molecule has 1 N–H and O–H groups in total. The van der Waals surface area contributed by atoms with Crippen molar-refractivity contribution < 1.29 is 27.4 Å². The highest BCUT2D eigenvalue weighted by atomic mass is 32.2. The number of hydrogen-bond donors (Lipinski definition) is 1. The zero-order valence-electron chi connectivity index (χ0n) is 18.7. The van der Waals surface area contributed by atoms with Gasteiger partial charge in [-0.25, -0.2) is 8.42 Å². The number of sulfonamides is 1. The summed E-state index contributed by atoms with van der Waals surface area (Å²) in [5.41, 5.74) is 1.47. The third kappa shape index (κ3) is 5.83. The van der Waals surface area contributed by atoms with E-state index in [0.29, 0.717) is 69.8 Å². The van der Waals surface area contributed by atoms with Crippen molar-refractivity contribution in [2.45, 2.75) is 18.4 Å². The third-order valence-electron chi connectivity index (χ3n) is 5.55. The van der Waals surface area contributed by atoms with Crippen molar-refractivity contribution in [3.05, 3.63) is 48.0 Å². The molecule has 10 heteroatoms. The largest absolute Gasteiger partial charge is 0.486 e. The van der Waals surface area contributed by atoms with E-state index in [4.69, 9.17) is 14.2 Å². The van der Waals surface area contributed by atoms with E-state index in [2.05, 4.69) is 5.32 Å². The van der Waals surface area contributed by atoms with E-state index in [-0.39, 0.29) is 17.3 Å². The van der Waals surface area contributed by atoms with Crippen molar-refractivity contribution in [2.75, 3.05) is 57.9 Å². The molecule has 33 heavy (non-hydrogen) atoms. The number of nitrogens with zero attached hydrogens (tertiary/aromatic N) is 2. The normalized spacial score (nSPS) is 16.5. The summed E-state index contributed by atoms with van der Waals surface area (Å²) in [6.07, 6.45) is 0. The average Bonchev–Trinajstić information content (AvgIpc) is 2.84. The van der Waals surface area contributed by atoms with E-state index in [1.165, 1.54) is 4.31 Å². The number of anilines is 1. The Hall–Kier alpha value is -2.66. The van der Waals surface area contributed by atoms with Gasteiger partial charge in [0.2, 0.25) is 15.9 Å². The average molecular weight is 476 g/mol. The number of hydrogen-bond acceptors (Lipinski definition) is 7. The maximum absolute atomic E-state index is 13.0. The van der Waals surface area contributed by atoms with Gasteiger partial charge in [-0.05, 0) is 36.4 Å². The van der Waals surface area contributed by atoms with Gasteiger partial charge in [0.05, 0.1) is 24.7 Å². The first-order chi connectivity index (χ1) is 16.0. The number of carbonyl (C=O) groups excluding carboxylic acids is 1. The first kappa shape index (κ1) is 23.5. The number of benzene rings is 2. The van der Waals surface area contributed by atoms with Gasteiger partial charge in [0.15, 0.2) is 11.5 Å². The van der Waals surface area contributed by atoms with Gasteiger partial charge >= 0.3 is 0 Å². The topological polar surface area (TPSA) is 97.4 Å². The summed E-state index contributed by atoms with van der Waals surface area (Å²) in [5.74, 6) is 1.12. The summed E-state index contributed by atoms with van der Waals surface area (Å²) in [4.78, 5) is 14.8. The molecule has 0 atom stereocenters.